The molecule has 0 fully saturated rings. The molecule has 0 N–H and O–H groups in total. The summed E-state index contributed by atoms with van der Waals surface area (Å²) in [4.78, 5) is 50.6. The predicted octanol–water partition coefficient (Wildman–Crippen LogP) is 4.85. The lowest BCUT2D eigenvalue weighted by molar-refractivity contribution is 0.488. The Labute approximate surface area is 180 Å². The number of benzene rings is 5. The highest BCUT2D eigenvalue weighted by molar-refractivity contribution is 7.28. The van der Waals surface area contributed by atoms with Crippen LogP contribution in [0.15, 0.2) is 52.3 Å². The van der Waals surface area contributed by atoms with Gasteiger partial charge in [-0.2, -0.15) is 0 Å². The van der Waals surface area contributed by atoms with Crippen LogP contribution in [-0.2, 0) is 0 Å². The van der Waals surface area contributed by atoms with Crippen molar-refractivity contribution in [1.29, 1.82) is 0 Å². The van der Waals surface area contributed by atoms with Crippen LogP contribution in [0.2, 0.25) is 0 Å². The number of hydrogen-bond donors (Lipinski definition) is 0. The van der Waals surface area contributed by atoms with E-state index < -0.39 is 22.5 Å². The van der Waals surface area contributed by atoms with Gasteiger partial charge in [-0.3, -0.25) is 0 Å². The Bertz CT molecular complexity index is 2160. The van der Waals surface area contributed by atoms with Crippen LogP contribution >= 0.6 is 22.7 Å². The van der Waals surface area contributed by atoms with Crippen LogP contribution in [0.25, 0.3) is 83.4 Å². The van der Waals surface area contributed by atoms with Crippen molar-refractivity contribution < 1.29 is 8.83 Å². The van der Waals surface area contributed by atoms with E-state index in [1.165, 1.54) is 22.7 Å². The topological polar surface area (TPSA) is 94.6 Å². The Kier molecular flexibility index (Phi) is 2.23. The molecule has 0 aliphatic carbocycles. The average Bonchev–Trinajstić information content (AvgIpc) is 3.32. The minimum absolute atomic E-state index is 0.380. The van der Waals surface area contributed by atoms with Gasteiger partial charge in [0.1, 0.15) is 0 Å². The Morgan fingerprint density at radius 3 is 0.969 bits per heavy atom. The second-order valence-corrected chi connectivity index (χ2v) is 10.4. The second-order valence-electron chi connectivity index (χ2n) is 8.25. The van der Waals surface area contributed by atoms with Crippen molar-refractivity contribution in [3.8, 4) is 0 Å². The third kappa shape index (κ3) is 1.41. The number of rotatable bonds is 0. The van der Waals surface area contributed by atoms with Crippen LogP contribution in [0, 0.1) is 0 Å². The van der Waals surface area contributed by atoms with Gasteiger partial charge in [0.2, 0.25) is 0 Å². The number of hydrogen-bond acceptors (Lipinski definition) is 8. The van der Waals surface area contributed by atoms with Crippen molar-refractivity contribution in [2.45, 2.75) is 0 Å². The van der Waals surface area contributed by atoms with Crippen LogP contribution in [0.5, 0.6) is 0 Å². The standard InChI is InChI=1S/C24H4O6S2/c25-21-5-1-9-15-16-10(31-9)3-7-14-8(24(28)30-23(7)27)4-12-18(20(14)16)17-11(32-12)2-6(22(26)29-21)13(5)19(15)17/h1-4H. The molecular formula is C24H4O6S2. The van der Waals surface area contributed by atoms with Gasteiger partial charge in [-0.1, -0.05) is 0 Å². The third-order valence-corrected chi connectivity index (χ3v) is 9.02. The first-order valence-corrected chi connectivity index (χ1v) is 11.4. The Hall–Kier alpha value is -3.88. The minimum atomic E-state index is -0.647. The fourth-order valence-electron chi connectivity index (χ4n) is 5.76. The molecule has 32 heavy (non-hydrogen) atoms. The van der Waals surface area contributed by atoms with Gasteiger partial charge in [0, 0.05) is 61.9 Å². The molecular weight excluding hydrogens is 448 g/mol. The summed E-state index contributed by atoms with van der Waals surface area (Å²) < 4.78 is 13.6. The van der Waals surface area contributed by atoms with Gasteiger partial charge in [-0.25, -0.2) is 19.2 Å². The molecule has 4 aromatic heterocycles. The molecule has 0 bridgehead atoms. The molecule has 0 saturated carbocycles. The first-order valence-electron chi connectivity index (χ1n) is 9.76. The quantitative estimate of drug-likeness (QED) is 0.241. The van der Waals surface area contributed by atoms with Crippen LogP contribution in [-0.4, -0.2) is 0 Å². The molecule has 0 radical (unpaired) electrons. The zero-order valence-electron chi connectivity index (χ0n) is 15.6. The molecule has 0 saturated heterocycles. The molecule has 8 heteroatoms. The normalized spacial score (nSPS) is 13.5. The van der Waals surface area contributed by atoms with Crippen molar-refractivity contribution in [2.24, 2.45) is 0 Å². The zero-order chi connectivity index (χ0) is 21.2. The number of thiophene rings is 2. The van der Waals surface area contributed by atoms with Gasteiger partial charge >= 0.3 is 22.5 Å². The molecule has 9 rings (SSSR count). The highest BCUT2D eigenvalue weighted by atomic mass is 32.1. The lowest BCUT2D eigenvalue weighted by Gasteiger charge is -2.14. The summed E-state index contributed by atoms with van der Waals surface area (Å²) in [5.41, 5.74) is -2.59. The summed E-state index contributed by atoms with van der Waals surface area (Å²) in [6.45, 7) is 0. The van der Waals surface area contributed by atoms with E-state index in [-0.39, 0.29) is 0 Å². The Morgan fingerprint density at radius 2 is 0.688 bits per heavy atom. The molecule has 148 valence electrons. The predicted molar refractivity (Wildman–Crippen MR) is 128 cm³/mol. The maximum absolute atomic E-state index is 12.6. The summed E-state index contributed by atoms with van der Waals surface area (Å²) in [6.07, 6.45) is 0. The SMILES string of the molecule is O=c1oc(=O)c2cc3sc4cc5c(=O)oc(=O)c6cc7sc8cc1c2c1c8c7c(c65)c4c31. The maximum Gasteiger partial charge on any atom is 0.346 e. The Balaban J connectivity index is 1.87. The van der Waals surface area contributed by atoms with Gasteiger partial charge < -0.3 is 8.83 Å². The summed E-state index contributed by atoms with van der Waals surface area (Å²) >= 11 is 2.95. The van der Waals surface area contributed by atoms with Crippen molar-refractivity contribution in [2.75, 3.05) is 0 Å². The molecule has 4 heterocycles. The first kappa shape index (κ1) is 15.9. The van der Waals surface area contributed by atoms with E-state index in [1.54, 1.807) is 24.3 Å². The molecule has 0 spiro atoms. The largest absolute Gasteiger partial charge is 0.386 e. The van der Waals surface area contributed by atoms with E-state index in [4.69, 9.17) is 8.83 Å². The van der Waals surface area contributed by atoms with E-state index in [0.717, 1.165) is 51.1 Å². The fraction of sp³-hybridized carbons (Fsp3) is 0. The van der Waals surface area contributed by atoms with E-state index in [9.17, 15) is 19.2 Å². The monoisotopic (exact) mass is 452 g/mol. The van der Waals surface area contributed by atoms with Crippen molar-refractivity contribution in [3.63, 3.8) is 0 Å². The van der Waals surface area contributed by atoms with Crippen LogP contribution < -0.4 is 22.5 Å². The van der Waals surface area contributed by atoms with Crippen LogP contribution in [0.1, 0.15) is 0 Å². The molecule has 5 aromatic carbocycles. The van der Waals surface area contributed by atoms with Gasteiger partial charge in [0.05, 0.1) is 21.5 Å². The summed E-state index contributed by atoms with van der Waals surface area (Å²) in [5, 5.41) is 8.37. The minimum Gasteiger partial charge on any atom is -0.386 e. The average molecular weight is 452 g/mol. The van der Waals surface area contributed by atoms with Crippen molar-refractivity contribution in [3.05, 3.63) is 65.9 Å². The molecule has 6 nitrogen and oxygen atoms in total. The van der Waals surface area contributed by atoms with Crippen LogP contribution in [0.3, 0.4) is 0 Å². The molecule has 0 amide bonds. The third-order valence-electron chi connectivity index (χ3n) is 6.85. The maximum atomic E-state index is 12.6. The van der Waals surface area contributed by atoms with E-state index in [0.29, 0.717) is 32.3 Å². The van der Waals surface area contributed by atoms with Gasteiger partial charge in [0.15, 0.2) is 0 Å². The summed E-state index contributed by atoms with van der Waals surface area (Å²) in [5.74, 6) is 0. The first-order chi connectivity index (χ1) is 15.5. The van der Waals surface area contributed by atoms with Crippen LogP contribution in [0.4, 0.5) is 0 Å². The second kappa shape index (κ2) is 4.50. The summed E-state index contributed by atoms with van der Waals surface area (Å²) in [7, 11) is 0. The van der Waals surface area contributed by atoms with E-state index in [2.05, 4.69) is 0 Å². The van der Waals surface area contributed by atoms with Crippen molar-refractivity contribution in [1.82, 2.24) is 0 Å². The van der Waals surface area contributed by atoms with Gasteiger partial charge in [-0.05, 0) is 24.3 Å². The zero-order valence-corrected chi connectivity index (χ0v) is 17.2. The van der Waals surface area contributed by atoms with Crippen molar-refractivity contribution >= 4 is 106 Å². The molecule has 0 atom stereocenters. The lowest BCUT2D eigenvalue weighted by atomic mass is 9.86. The lowest BCUT2D eigenvalue weighted by Crippen LogP contribution is -2.13. The fourth-order valence-corrected chi connectivity index (χ4v) is 8.16. The smallest absolute Gasteiger partial charge is 0.346 e. The van der Waals surface area contributed by atoms with E-state index in [1.807, 2.05) is 0 Å². The molecule has 9 aromatic rings. The van der Waals surface area contributed by atoms with Gasteiger partial charge in [0.25, 0.3) is 0 Å². The highest BCUT2D eigenvalue weighted by Gasteiger charge is 2.29. The molecule has 0 unspecified atom stereocenters. The summed E-state index contributed by atoms with van der Waals surface area (Å²) in [6, 6.07) is 7.11. The highest BCUT2D eigenvalue weighted by Crippen LogP contribution is 2.55. The molecule has 0 aliphatic heterocycles. The molecule has 0 aliphatic rings. The Morgan fingerprint density at radius 1 is 0.406 bits per heavy atom. The van der Waals surface area contributed by atoms with Gasteiger partial charge in [-0.15, -0.1) is 22.7 Å². The van der Waals surface area contributed by atoms with E-state index >= 15 is 0 Å².